The van der Waals surface area contributed by atoms with E-state index in [1.54, 1.807) is 14.0 Å². The molecule has 146 valence electrons. The molecule has 0 aromatic carbocycles. The van der Waals surface area contributed by atoms with Gasteiger partial charge in [-0.15, -0.1) is 11.8 Å². The zero-order chi connectivity index (χ0) is 19.5. The Morgan fingerprint density at radius 1 is 1.32 bits per heavy atom. The highest BCUT2D eigenvalue weighted by Gasteiger charge is 2.44. The molecule has 1 fully saturated rings. The van der Waals surface area contributed by atoms with Gasteiger partial charge in [-0.3, -0.25) is 4.84 Å². The summed E-state index contributed by atoms with van der Waals surface area (Å²) in [6.45, 7) is 10.2. The second kappa shape index (κ2) is 8.91. The Hall–Kier alpha value is 0.170. The van der Waals surface area contributed by atoms with Crippen LogP contribution in [0.15, 0.2) is 5.16 Å². The molecule has 1 amide bonds. The molecule has 0 bridgehead atoms. The van der Waals surface area contributed by atoms with Crippen molar-refractivity contribution in [3.05, 3.63) is 0 Å². The molecule has 0 atom stereocenters. The number of carbonyl (C=O) groups is 1. The van der Waals surface area contributed by atoms with E-state index in [2.05, 4.69) is 19.0 Å². The van der Waals surface area contributed by atoms with E-state index in [0.29, 0.717) is 18.3 Å². The van der Waals surface area contributed by atoms with Crippen LogP contribution in [0, 0.1) is 5.41 Å². The predicted octanol–water partition coefficient (Wildman–Crippen LogP) is 4.71. The molecule has 11 heteroatoms. The molecule has 0 radical (unpaired) electrons. The van der Waals surface area contributed by atoms with Gasteiger partial charge in [0.2, 0.25) is 0 Å². The highest BCUT2D eigenvalue weighted by atomic mass is 32.5. The fourth-order valence-electron chi connectivity index (χ4n) is 1.58. The van der Waals surface area contributed by atoms with Crippen molar-refractivity contribution in [3.63, 3.8) is 0 Å². The van der Waals surface area contributed by atoms with Crippen LogP contribution in [0.5, 0.6) is 0 Å². The highest BCUT2D eigenvalue weighted by molar-refractivity contribution is 8.15. The molecule has 0 aliphatic carbocycles. The van der Waals surface area contributed by atoms with Crippen molar-refractivity contribution >= 4 is 53.5 Å². The molecule has 0 aromatic rings. The van der Waals surface area contributed by atoms with Gasteiger partial charge in [-0.2, -0.15) is 4.08 Å². The quantitative estimate of drug-likeness (QED) is 0.159. The first-order valence-electron chi connectivity index (χ1n) is 7.72. The molecule has 0 aromatic heterocycles. The molecule has 0 saturated carbocycles. The van der Waals surface area contributed by atoms with Crippen LogP contribution in [0.1, 0.15) is 41.5 Å². The van der Waals surface area contributed by atoms with Crippen LogP contribution in [0.4, 0.5) is 4.79 Å². The molecule has 1 aliphatic rings. The average molecular weight is 430 g/mol. The molecule has 1 aliphatic heterocycles. The van der Waals surface area contributed by atoms with Crippen LogP contribution in [-0.2, 0) is 25.7 Å². The summed E-state index contributed by atoms with van der Waals surface area (Å²) in [5.74, 6) is 0. The van der Waals surface area contributed by atoms with Crippen LogP contribution in [0.3, 0.4) is 0 Å². The molecule has 0 spiro atoms. The summed E-state index contributed by atoms with van der Waals surface area (Å²) >= 11 is 8.26. The van der Waals surface area contributed by atoms with Gasteiger partial charge >= 0.3 is 6.09 Å². The van der Waals surface area contributed by atoms with Gasteiger partial charge < -0.3 is 9.05 Å². The number of rotatable bonds is 4. The van der Waals surface area contributed by atoms with Crippen molar-refractivity contribution < 1.29 is 18.7 Å². The Morgan fingerprint density at radius 3 is 2.28 bits per heavy atom. The van der Waals surface area contributed by atoms with Gasteiger partial charge in [-0.05, 0) is 45.8 Å². The molecule has 1 heterocycles. The summed E-state index contributed by atoms with van der Waals surface area (Å²) < 4.78 is 15.1. The first-order valence-corrected chi connectivity index (χ1v) is 12.3. The Balaban J connectivity index is 2.87. The van der Waals surface area contributed by atoms with Gasteiger partial charge in [-0.25, -0.2) is 9.10 Å². The monoisotopic (exact) mass is 429 g/mol. The molecule has 7 nitrogen and oxygen atoms in total. The number of hydrogen-bond acceptors (Lipinski definition) is 8. The van der Waals surface area contributed by atoms with Gasteiger partial charge in [0.05, 0.1) is 25.3 Å². The lowest BCUT2D eigenvalue weighted by Crippen LogP contribution is -2.41. The molecule has 1 rings (SSSR count). The van der Waals surface area contributed by atoms with Crippen molar-refractivity contribution in [1.29, 1.82) is 0 Å². The summed E-state index contributed by atoms with van der Waals surface area (Å²) in [6.07, 6.45) is 1.27. The SMILES string of the molecule is CSC(C)=NOC(=O)N(C)SN(C(C)(C)C)P1(=S)OCC(C)(C)CO1. The Bertz CT molecular complexity index is 552. The molecule has 0 unspecified atom stereocenters. The van der Waals surface area contributed by atoms with E-state index >= 15 is 0 Å². The maximum Gasteiger partial charge on any atom is 0.446 e. The maximum absolute atomic E-state index is 12.2. The number of nitrogens with zero attached hydrogens (tertiary/aromatic N) is 3. The predicted molar refractivity (Wildman–Crippen MR) is 110 cm³/mol. The largest absolute Gasteiger partial charge is 0.446 e. The molecular weight excluding hydrogens is 401 g/mol. The number of carbonyl (C=O) groups excluding carboxylic acids is 1. The molecule has 25 heavy (non-hydrogen) atoms. The summed E-state index contributed by atoms with van der Waals surface area (Å²) in [4.78, 5) is 17.1. The third kappa shape index (κ3) is 7.01. The Morgan fingerprint density at radius 2 is 1.84 bits per heavy atom. The summed E-state index contributed by atoms with van der Waals surface area (Å²) in [5, 5.41) is 4.42. The van der Waals surface area contributed by atoms with Gasteiger partial charge in [0, 0.05) is 18.0 Å². The zero-order valence-corrected chi connectivity index (χ0v) is 19.4. The van der Waals surface area contributed by atoms with Crippen LogP contribution in [0.2, 0.25) is 0 Å². The van der Waals surface area contributed by atoms with Crippen molar-refractivity contribution in [1.82, 2.24) is 8.38 Å². The summed E-state index contributed by atoms with van der Waals surface area (Å²) in [5.41, 5.74) is -0.458. The minimum absolute atomic E-state index is 0.0780. The van der Waals surface area contributed by atoms with E-state index in [1.165, 1.54) is 16.1 Å². The number of amides is 1. The smallest absolute Gasteiger partial charge is 0.317 e. The van der Waals surface area contributed by atoms with Crippen LogP contribution >= 0.6 is 30.5 Å². The number of oxime groups is 1. The number of hydrogen-bond donors (Lipinski definition) is 0. The topological polar surface area (TPSA) is 63.6 Å². The third-order valence-electron chi connectivity index (χ3n) is 3.04. The second-order valence-corrected chi connectivity index (χ2v) is 13.0. The van der Waals surface area contributed by atoms with Crippen LogP contribution in [0.25, 0.3) is 0 Å². The fourth-order valence-corrected chi connectivity index (χ4v) is 6.60. The van der Waals surface area contributed by atoms with E-state index in [0.717, 1.165) is 12.1 Å². The van der Waals surface area contributed by atoms with Crippen molar-refractivity contribution in [2.45, 2.75) is 47.1 Å². The summed E-state index contributed by atoms with van der Waals surface area (Å²) in [6, 6.07) is 0. The van der Waals surface area contributed by atoms with Gasteiger partial charge in [-0.1, -0.05) is 19.0 Å². The van der Waals surface area contributed by atoms with Crippen LogP contribution in [-0.4, -0.2) is 51.6 Å². The minimum atomic E-state index is -2.72. The molecular formula is C14H28N3O4PS3. The summed E-state index contributed by atoms with van der Waals surface area (Å²) in [7, 11) is 1.60. The fraction of sp³-hybridized carbons (Fsp3) is 0.857. The standard InChI is InChI=1S/C14H28N3O4PS3/c1-11(24-8)15-21-12(18)16(7)25-17(13(2,3)4)22(23)19-9-14(5,6)10-20-22/h9-10H2,1-8H3. The average Bonchev–Trinajstić information content (AvgIpc) is 2.51. The van der Waals surface area contributed by atoms with Gasteiger partial charge in [0.25, 0.3) is 6.64 Å². The van der Waals surface area contributed by atoms with E-state index in [-0.39, 0.29) is 11.0 Å². The Kier molecular flexibility index (Phi) is 8.27. The lowest BCUT2D eigenvalue weighted by Gasteiger charge is -2.46. The van der Waals surface area contributed by atoms with Crippen molar-refractivity contribution in [2.24, 2.45) is 10.6 Å². The minimum Gasteiger partial charge on any atom is -0.317 e. The lowest BCUT2D eigenvalue weighted by atomic mass is 9.97. The van der Waals surface area contributed by atoms with Crippen LogP contribution < -0.4 is 0 Å². The molecule has 1 saturated heterocycles. The number of thioether (sulfide) groups is 1. The van der Waals surface area contributed by atoms with E-state index in [1.807, 2.05) is 31.1 Å². The van der Waals surface area contributed by atoms with Gasteiger partial charge in [0.1, 0.15) is 5.04 Å². The first kappa shape index (κ1) is 23.2. The third-order valence-corrected chi connectivity index (χ3v) is 9.05. The lowest BCUT2D eigenvalue weighted by molar-refractivity contribution is 0.0449. The maximum atomic E-state index is 12.2. The van der Waals surface area contributed by atoms with Crippen molar-refractivity contribution in [3.8, 4) is 0 Å². The Labute approximate surface area is 164 Å². The zero-order valence-electron chi connectivity index (χ0n) is 16.1. The molecule has 0 N–H and O–H groups in total. The normalized spacial score (nSPS) is 20.4. The van der Waals surface area contributed by atoms with E-state index in [9.17, 15) is 4.79 Å². The second-order valence-electron chi connectivity index (χ2n) is 7.37. The van der Waals surface area contributed by atoms with E-state index < -0.39 is 12.7 Å². The van der Waals surface area contributed by atoms with E-state index in [4.69, 9.17) is 25.7 Å². The van der Waals surface area contributed by atoms with Crippen molar-refractivity contribution in [2.75, 3.05) is 26.5 Å². The van der Waals surface area contributed by atoms with Gasteiger partial charge in [0.15, 0.2) is 0 Å². The first-order chi connectivity index (χ1) is 11.3. The highest BCUT2D eigenvalue weighted by Crippen LogP contribution is 2.62.